The van der Waals surface area contributed by atoms with Gasteiger partial charge in [0, 0.05) is 6.54 Å². The Morgan fingerprint density at radius 2 is 1.76 bits per heavy atom. The van der Waals surface area contributed by atoms with Crippen molar-refractivity contribution in [3.8, 4) is 0 Å². The maximum absolute atomic E-state index is 12.2. The van der Waals surface area contributed by atoms with Crippen LogP contribution in [-0.4, -0.2) is 32.0 Å². The van der Waals surface area contributed by atoms with Gasteiger partial charge in [-0.25, -0.2) is 8.42 Å². The molecule has 0 aromatic carbocycles. The van der Waals surface area contributed by atoms with Crippen molar-refractivity contribution in [3.63, 3.8) is 0 Å². The maximum Gasteiger partial charge on any atom is 0.156 e. The Hall–Kier alpha value is -0.0900. The molecular formula is C13H27NO2S. The molecule has 1 N–H and O–H groups in total. The van der Waals surface area contributed by atoms with E-state index in [9.17, 15) is 8.42 Å². The number of hydrogen-bond donors (Lipinski definition) is 1. The predicted octanol–water partition coefficient (Wildman–Crippen LogP) is 2.37. The molecule has 0 bridgehead atoms. The molecule has 1 rings (SSSR count). The van der Waals surface area contributed by atoms with Gasteiger partial charge in [0.15, 0.2) is 9.84 Å². The van der Waals surface area contributed by atoms with Crippen LogP contribution in [0.1, 0.15) is 52.9 Å². The van der Waals surface area contributed by atoms with Crippen LogP contribution in [0.25, 0.3) is 0 Å². The van der Waals surface area contributed by atoms with E-state index < -0.39 is 9.84 Å². The summed E-state index contributed by atoms with van der Waals surface area (Å²) in [4.78, 5) is 0. The second-order valence-electron chi connectivity index (χ2n) is 5.69. The van der Waals surface area contributed by atoms with Crippen molar-refractivity contribution >= 4 is 9.84 Å². The first-order valence-corrected chi connectivity index (χ1v) is 8.49. The van der Waals surface area contributed by atoms with Gasteiger partial charge in [-0.2, -0.15) is 0 Å². The van der Waals surface area contributed by atoms with Crippen molar-refractivity contribution in [3.05, 3.63) is 0 Å². The third-order valence-corrected chi connectivity index (χ3v) is 6.35. The van der Waals surface area contributed by atoms with Gasteiger partial charge >= 0.3 is 0 Å². The lowest BCUT2D eigenvalue weighted by atomic mass is 10.1. The minimum Gasteiger partial charge on any atom is -0.315 e. The molecule has 1 aliphatic carbocycles. The van der Waals surface area contributed by atoms with E-state index in [1.807, 2.05) is 6.92 Å². The van der Waals surface area contributed by atoms with Crippen LogP contribution in [0, 0.1) is 5.92 Å². The summed E-state index contributed by atoms with van der Waals surface area (Å²) < 4.78 is 24.4. The van der Waals surface area contributed by atoms with Crippen molar-refractivity contribution in [1.29, 1.82) is 0 Å². The molecule has 0 spiro atoms. The summed E-state index contributed by atoms with van der Waals surface area (Å²) in [6, 6.07) is 0. The number of sulfone groups is 1. The molecule has 0 saturated heterocycles. The van der Waals surface area contributed by atoms with Gasteiger partial charge in [0.25, 0.3) is 0 Å². The zero-order chi connectivity index (χ0) is 12.9. The standard InChI is InChI=1S/C13H27NO2S/c1-11(2)8-9-14-10-12(3)17(15,16)13-6-4-5-7-13/h11-14H,4-10H2,1-3H3. The third-order valence-electron chi connectivity index (χ3n) is 3.66. The van der Waals surface area contributed by atoms with E-state index in [1.165, 1.54) is 0 Å². The molecule has 0 amide bonds. The van der Waals surface area contributed by atoms with E-state index >= 15 is 0 Å². The first-order valence-electron chi connectivity index (χ1n) is 6.88. The monoisotopic (exact) mass is 261 g/mol. The van der Waals surface area contributed by atoms with Crippen LogP contribution in [0.5, 0.6) is 0 Å². The summed E-state index contributed by atoms with van der Waals surface area (Å²) in [6.07, 6.45) is 5.02. The minimum atomic E-state index is -2.90. The van der Waals surface area contributed by atoms with E-state index in [-0.39, 0.29) is 10.5 Å². The maximum atomic E-state index is 12.2. The van der Waals surface area contributed by atoms with Crippen LogP contribution in [0.3, 0.4) is 0 Å². The molecule has 1 saturated carbocycles. The third kappa shape index (κ3) is 4.59. The fraction of sp³-hybridized carbons (Fsp3) is 1.00. The van der Waals surface area contributed by atoms with E-state index in [0.29, 0.717) is 12.5 Å². The van der Waals surface area contributed by atoms with Crippen molar-refractivity contribution in [2.45, 2.75) is 63.4 Å². The lowest BCUT2D eigenvalue weighted by molar-refractivity contribution is 0.524. The fourth-order valence-corrected chi connectivity index (χ4v) is 4.36. The highest BCUT2D eigenvalue weighted by Crippen LogP contribution is 2.27. The van der Waals surface area contributed by atoms with Crippen LogP contribution in [-0.2, 0) is 9.84 Å². The highest BCUT2D eigenvalue weighted by molar-refractivity contribution is 7.92. The summed E-state index contributed by atoms with van der Waals surface area (Å²) >= 11 is 0. The SMILES string of the molecule is CC(C)CCNCC(C)S(=O)(=O)C1CCCC1. The zero-order valence-electron chi connectivity index (χ0n) is 11.4. The van der Waals surface area contributed by atoms with Gasteiger partial charge in [0.2, 0.25) is 0 Å². The average molecular weight is 261 g/mol. The average Bonchev–Trinajstić information content (AvgIpc) is 2.77. The fourth-order valence-electron chi connectivity index (χ4n) is 2.36. The first-order chi connectivity index (χ1) is 7.94. The number of nitrogens with one attached hydrogen (secondary N) is 1. The second-order valence-corrected chi connectivity index (χ2v) is 8.34. The molecule has 0 radical (unpaired) electrons. The number of hydrogen-bond acceptors (Lipinski definition) is 3. The van der Waals surface area contributed by atoms with Crippen LogP contribution < -0.4 is 5.32 Å². The quantitative estimate of drug-likeness (QED) is 0.716. The zero-order valence-corrected chi connectivity index (χ0v) is 12.2. The van der Waals surface area contributed by atoms with Crippen molar-refractivity contribution in [2.24, 2.45) is 5.92 Å². The second kappa shape index (κ2) is 6.74. The Labute approximate surface area is 106 Å². The number of rotatable bonds is 7. The van der Waals surface area contributed by atoms with E-state index in [0.717, 1.165) is 38.6 Å². The van der Waals surface area contributed by atoms with Crippen LogP contribution >= 0.6 is 0 Å². The molecule has 102 valence electrons. The van der Waals surface area contributed by atoms with Gasteiger partial charge in [0.1, 0.15) is 0 Å². The largest absolute Gasteiger partial charge is 0.315 e. The summed E-state index contributed by atoms with van der Waals surface area (Å²) in [5.74, 6) is 0.671. The normalized spacial score (nSPS) is 20.0. The van der Waals surface area contributed by atoms with Gasteiger partial charge in [0.05, 0.1) is 10.5 Å². The summed E-state index contributed by atoms with van der Waals surface area (Å²) in [5, 5.41) is 2.96. The molecule has 0 aromatic heterocycles. The molecule has 3 nitrogen and oxygen atoms in total. The molecule has 1 fully saturated rings. The molecule has 1 unspecified atom stereocenters. The summed E-state index contributed by atoms with van der Waals surface area (Å²) in [7, 11) is -2.90. The van der Waals surface area contributed by atoms with E-state index in [2.05, 4.69) is 19.2 Å². The molecule has 4 heteroatoms. The van der Waals surface area contributed by atoms with Gasteiger partial charge in [-0.1, -0.05) is 26.7 Å². The van der Waals surface area contributed by atoms with Crippen LogP contribution in [0.2, 0.25) is 0 Å². The Morgan fingerprint density at radius 1 is 1.18 bits per heavy atom. The molecule has 1 atom stereocenters. The van der Waals surface area contributed by atoms with Crippen LogP contribution in [0.4, 0.5) is 0 Å². The lowest BCUT2D eigenvalue weighted by Gasteiger charge is -2.18. The molecule has 0 aliphatic heterocycles. The highest BCUT2D eigenvalue weighted by Gasteiger charge is 2.32. The van der Waals surface area contributed by atoms with Crippen molar-refractivity contribution in [2.75, 3.05) is 13.1 Å². The minimum absolute atomic E-state index is 0.0654. The highest BCUT2D eigenvalue weighted by atomic mass is 32.2. The molecular weight excluding hydrogens is 234 g/mol. The van der Waals surface area contributed by atoms with Gasteiger partial charge in [-0.3, -0.25) is 0 Å². The Kier molecular flexibility index (Phi) is 5.93. The molecule has 0 heterocycles. The molecule has 1 aliphatic rings. The Bertz CT molecular complexity index is 305. The van der Waals surface area contributed by atoms with Gasteiger partial charge in [-0.15, -0.1) is 0 Å². The van der Waals surface area contributed by atoms with Gasteiger partial charge < -0.3 is 5.32 Å². The van der Waals surface area contributed by atoms with Crippen LogP contribution in [0.15, 0.2) is 0 Å². The summed E-state index contributed by atoms with van der Waals surface area (Å²) in [6.45, 7) is 7.73. The van der Waals surface area contributed by atoms with Crippen molar-refractivity contribution in [1.82, 2.24) is 5.32 Å². The lowest BCUT2D eigenvalue weighted by Crippen LogP contribution is -2.36. The molecule has 17 heavy (non-hydrogen) atoms. The van der Waals surface area contributed by atoms with E-state index in [4.69, 9.17) is 0 Å². The topological polar surface area (TPSA) is 46.2 Å². The Balaban J connectivity index is 2.33. The van der Waals surface area contributed by atoms with Gasteiger partial charge in [-0.05, 0) is 38.6 Å². The Morgan fingerprint density at radius 3 is 2.29 bits per heavy atom. The molecule has 0 aromatic rings. The summed E-state index contributed by atoms with van der Waals surface area (Å²) in [5.41, 5.74) is 0. The predicted molar refractivity (Wildman–Crippen MR) is 73.0 cm³/mol. The first kappa shape index (κ1) is 15.0. The smallest absolute Gasteiger partial charge is 0.156 e. The van der Waals surface area contributed by atoms with E-state index in [1.54, 1.807) is 0 Å². The van der Waals surface area contributed by atoms with Crippen molar-refractivity contribution < 1.29 is 8.42 Å².